The molecule has 158 valence electrons. The molecule has 4 aromatic rings. The Hall–Kier alpha value is -3.73. The quantitative estimate of drug-likeness (QED) is 0.451. The maximum absolute atomic E-state index is 12.8. The number of aryl methyl sites for hydroxylation is 1. The Bertz CT molecular complexity index is 1430. The number of fused-ring (bicyclic) bond motifs is 1. The fourth-order valence-corrected chi connectivity index (χ4v) is 4.05. The first-order chi connectivity index (χ1) is 14.7. The summed E-state index contributed by atoms with van der Waals surface area (Å²) in [5.41, 5.74) is 0.629. The molecule has 0 fully saturated rings. The van der Waals surface area contributed by atoms with E-state index in [0.717, 1.165) is 11.6 Å². The van der Waals surface area contributed by atoms with Crippen LogP contribution in [0, 0.1) is 12.1 Å². The van der Waals surface area contributed by atoms with E-state index in [9.17, 15) is 18.4 Å². The SMILES string of the molecule is Cc1ccc(S(=O)(=O)Nc2ccccc2-c2nc3ccc(N([O-])O)cc3c(=O)o2)cc1. The number of nitrogens with one attached hydrogen (secondary N) is 1. The Morgan fingerprint density at radius 2 is 1.77 bits per heavy atom. The van der Waals surface area contributed by atoms with E-state index in [1.54, 1.807) is 30.3 Å². The number of hydrogen-bond acceptors (Lipinski definition) is 8. The first kappa shape index (κ1) is 20.5. The Labute approximate surface area is 176 Å². The Kier molecular flexibility index (Phi) is 5.19. The summed E-state index contributed by atoms with van der Waals surface area (Å²) in [6.07, 6.45) is 0. The number of rotatable bonds is 5. The highest BCUT2D eigenvalue weighted by Gasteiger charge is 2.19. The Balaban J connectivity index is 1.78. The van der Waals surface area contributed by atoms with Gasteiger partial charge in [-0.3, -0.25) is 9.93 Å². The summed E-state index contributed by atoms with van der Waals surface area (Å²) >= 11 is 0. The summed E-state index contributed by atoms with van der Waals surface area (Å²) in [6.45, 7) is 1.85. The lowest BCUT2D eigenvalue weighted by Crippen LogP contribution is -2.14. The van der Waals surface area contributed by atoms with E-state index in [2.05, 4.69) is 9.71 Å². The molecule has 10 heteroatoms. The van der Waals surface area contributed by atoms with Crippen LogP contribution in [0.3, 0.4) is 0 Å². The molecule has 3 aromatic carbocycles. The molecular weight excluding hydrogens is 422 g/mol. The predicted octanol–water partition coefficient (Wildman–Crippen LogP) is 3.66. The molecule has 0 atom stereocenters. The Morgan fingerprint density at radius 1 is 1.06 bits per heavy atom. The molecule has 31 heavy (non-hydrogen) atoms. The zero-order chi connectivity index (χ0) is 22.2. The zero-order valence-corrected chi connectivity index (χ0v) is 17.0. The number of anilines is 2. The van der Waals surface area contributed by atoms with E-state index in [1.165, 1.54) is 30.3 Å². The molecule has 2 N–H and O–H groups in total. The minimum atomic E-state index is -3.89. The van der Waals surface area contributed by atoms with E-state index >= 15 is 0 Å². The minimum absolute atomic E-state index is 0.00568. The van der Waals surface area contributed by atoms with Gasteiger partial charge in [0.25, 0.3) is 10.0 Å². The summed E-state index contributed by atoms with van der Waals surface area (Å²) in [7, 11) is -3.89. The molecule has 9 nitrogen and oxygen atoms in total. The van der Waals surface area contributed by atoms with Crippen molar-refractivity contribution in [2.75, 3.05) is 9.95 Å². The molecular formula is C21H16N3O6S-. The highest BCUT2D eigenvalue weighted by atomic mass is 32.2. The number of sulfonamides is 1. The number of nitrogens with zero attached hydrogens (tertiary/aromatic N) is 2. The molecule has 0 saturated carbocycles. The summed E-state index contributed by atoms with van der Waals surface area (Å²) < 4.78 is 33.4. The largest absolute Gasteiger partial charge is 0.733 e. The zero-order valence-electron chi connectivity index (χ0n) is 16.1. The van der Waals surface area contributed by atoms with Gasteiger partial charge in [-0.25, -0.2) is 18.2 Å². The van der Waals surface area contributed by atoms with Crippen molar-refractivity contribution in [3.63, 3.8) is 0 Å². The van der Waals surface area contributed by atoms with Crippen LogP contribution in [-0.2, 0) is 10.0 Å². The van der Waals surface area contributed by atoms with Crippen LogP contribution >= 0.6 is 0 Å². The second kappa shape index (κ2) is 7.84. The molecule has 0 aliphatic heterocycles. The van der Waals surface area contributed by atoms with E-state index in [4.69, 9.17) is 9.62 Å². The Morgan fingerprint density at radius 3 is 2.48 bits per heavy atom. The second-order valence-electron chi connectivity index (χ2n) is 6.74. The lowest BCUT2D eigenvalue weighted by Gasteiger charge is -2.21. The van der Waals surface area contributed by atoms with Crippen LogP contribution in [-0.4, -0.2) is 18.6 Å². The van der Waals surface area contributed by atoms with Crippen LogP contribution in [0.15, 0.2) is 80.8 Å². The van der Waals surface area contributed by atoms with Crippen molar-refractivity contribution in [2.45, 2.75) is 11.8 Å². The summed E-state index contributed by atoms with van der Waals surface area (Å²) in [5, 5.41) is 19.7. The average Bonchev–Trinajstić information content (AvgIpc) is 2.74. The van der Waals surface area contributed by atoms with Gasteiger partial charge in [-0.05, 0) is 49.4 Å². The smallest absolute Gasteiger partial charge is 0.347 e. The van der Waals surface area contributed by atoms with Crippen LogP contribution in [0.5, 0.6) is 0 Å². The average molecular weight is 438 g/mol. The molecule has 0 aliphatic rings. The van der Waals surface area contributed by atoms with Crippen LogP contribution < -0.4 is 15.6 Å². The van der Waals surface area contributed by atoms with Gasteiger partial charge in [0.1, 0.15) is 0 Å². The predicted molar refractivity (Wildman–Crippen MR) is 115 cm³/mol. The summed E-state index contributed by atoms with van der Waals surface area (Å²) in [6, 6.07) is 16.5. The normalized spacial score (nSPS) is 11.5. The third kappa shape index (κ3) is 4.12. The first-order valence-corrected chi connectivity index (χ1v) is 10.5. The molecule has 0 bridgehead atoms. The van der Waals surface area contributed by atoms with Crippen molar-refractivity contribution in [2.24, 2.45) is 0 Å². The maximum Gasteiger partial charge on any atom is 0.347 e. The van der Waals surface area contributed by atoms with Gasteiger partial charge in [0, 0.05) is 0 Å². The minimum Gasteiger partial charge on any atom is -0.733 e. The van der Waals surface area contributed by atoms with Gasteiger partial charge in [-0.15, -0.1) is 0 Å². The van der Waals surface area contributed by atoms with Gasteiger partial charge >= 0.3 is 5.63 Å². The molecule has 0 amide bonds. The van der Waals surface area contributed by atoms with Crippen LogP contribution in [0.2, 0.25) is 0 Å². The fraction of sp³-hybridized carbons (Fsp3) is 0.0476. The molecule has 0 unspecified atom stereocenters. The molecule has 0 saturated heterocycles. The first-order valence-electron chi connectivity index (χ1n) is 9.04. The molecule has 1 heterocycles. The van der Waals surface area contributed by atoms with E-state index in [1.807, 2.05) is 6.92 Å². The van der Waals surface area contributed by atoms with Gasteiger partial charge < -0.3 is 14.9 Å². The number of hydrogen-bond donors (Lipinski definition) is 2. The number of aromatic nitrogens is 1. The van der Waals surface area contributed by atoms with Crippen molar-refractivity contribution in [1.82, 2.24) is 4.98 Å². The van der Waals surface area contributed by atoms with Crippen LogP contribution in [0.4, 0.5) is 11.4 Å². The molecule has 4 rings (SSSR count). The highest BCUT2D eigenvalue weighted by molar-refractivity contribution is 7.92. The van der Waals surface area contributed by atoms with E-state index < -0.39 is 15.6 Å². The topological polar surface area (TPSA) is 136 Å². The van der Waals surface area contributed by atoms with Crippen molar-refractivity contribution < 1.29 is 18.0 Å². The monoisotopic (exact) mass is 438 g/mol. The molecule has 0 aliphatic carbocycles. The van der Waals surface area contributed by atoms with Crippen molar-refractivity contribution in [3.8, 4) is 11.5 Å². The molecule has 0 radical (unpaired) electrons. The summed E-state index contributed by atoms with van der Waals surface area (Å²) in [4.78, 5) is 16.8. The van der Waals surface area contributed by atoms with Gasteiger partial charge in [-0.1, -0.05) is 29.8 Å². The third-order valence-corrected chi connectivity index (χ3v) is 5.95. The lowest BCUT2D eigenvalue weighted by atomic mass is 10.1. The number of para-hydroxylation sites is 1. The summed E-state index contributed by atoms with van der Waals surface area (Å²) in [5.74, 6) is -0.101. The van der Waals surface area contributed by atoms with Gasteiger partial charge in [0.05, 0.1) is 32.7 Å². The maximum atomic E-state index is 12.8. The second-order valence-corrected chi connectivity index (χ2v) is 8.43. The molecule has 1 aromatic heterocycles. The van der Waals surface area contributed by atoms with Crippen molar-refractivity contribution >= 4 is 32.3 Å². The van der Waals surface area contributed by atoms with Gasteiger partial charge in [-0.2, -0.15) is 0 Å². The fourth-order valence-electron chi connectivity index (χ4n) is 2.97. The standard InChI is InChI=1S/C21H16N3O6S/c1-13-6-9-15(10-7-13)31(28,29)23-19-5-3-2-4-16(19)20-22-18-11-8-14(24(26)27)12-17(18)21(25)30-20/h2-12,23,26H,1H3/q-1. The van der Waals surface area contributed by atoms with Crippen molar-refractivity contribution in [3.05, 3.63) is 87.9 Å². The van der Waals surface area contributed by atoms with Crippen LogP contribution in [0.1, 0.15) is 5.56 Å². The van der Waals surface area contributed by atoms with Gasteiger partial charge in [0.2, 0.25) is 5.89 Å². The highest BCUT2D eigenvalue weighted by Crippen LogP contribution is 2.29. The van der Waals surface area contributed by atoms with Crippen molar-refractivity contribution in [1.29, 1.82) is 0 Å². The lowest BCUT2D eigenvalue weighted by molar-refractivity contribution is 0.296. The number of benzene rings is 3. The molecule has 0 spiro atoms. The van der Waals surface area contributed by atoms with E-state index in [-0.39, 0.29) is 43.9 Å². The van der Waals surface area contributed by atoms with Gasteiger partial charge in [0.15, 0.2) is 0 Å². The van der Waals surface area contributed by atoms with E-state index in [0.29, 0.717) is 0 Å². The van der Waals surface area contributed by atoms with Crippen LogP contribution in [0.25, 0.3) is 22.4 Å². The third-order valence-electron chi connectivity index (χ3n) is 4.57.